The normalized spacial score (nSPS) is 10.7. The molecule has 0 amide bonds. The number of rotatable bonds is 18. The average molecular weight is 503 g/mol. The van der Waals surface area contributed by atoms with Crippen LogP contribution in [0.5, 0.6) is 5.75 Å². The smallest absolute Gasteiger partial charge is 0.339 e. The quantitative estimate of drug-likeness (QED) is 0.152. The molecule has 0 atom stereocenters. The number of benzene rings is 2. The molecule has 0 unspecified atom stereocenters. The summed E-state index contributed by atoms with van der Waals surface area (Å²) in [5.41, 5.74) is 0.404. The lowest BCUT2D eigenvalue weighted by Gasteiger charge is -2.11. The van der Waals surface area contributed by atoms with Crippen LogP contribution in [0.2, 0.25) is 5.02 Å². The highest BCUT2D eigenvalue weighted by atomic mass is 35.5. The van der Waals surface area contributed by atoms with Gasteiger partial charge in [-0.25, -0.2) is 9.59 Å². The van der Waals surface area contributed by atoms with Gasteiger partial charge in [0.1, 0.15) is 19.0 Å². The van der Waals surface area contributed by atoms with E-state index in [0.717, 1.165) is 19.3 Å². The Balaban J connectivity index is 1.62. The van der Waals surface area contributed by atoms with Crippen molar-refractivity contribution in [3.05, 3.63) is 64.7 Å². The van der Waals surface area contributed by atoms with Gasteiger partial charge in [0.05, 0.1) is 22.8 Å². The molecule has 0 N–H and O–H groups in total. The molecule has 0 bridgehead atoms. The predicted molar refractivity (Wildman–Crippen MR) is 140 cm³/mol. The number of esters is 2. The second kappa shape index (κ2) is 17.8. The summed E-state index contributed by atoms with van der Waals surface area (Å²) >= 11 is 6.04. The molecule has 192 valence electrons. The van der Waals surface area contributed by atoms with Crippen molar-refractivity contribution in [3.63, 3.8) is 0 Å². The predicted octanol–water partition coefficient (Wildman–Crippen LogP) is 8.04. The number of hydrogen-bond acceptors (Lipinski definition) is 5. The molecule has 0 aromatic heterocycles. The minimum absolute atomic E-state index is 0.0339. The Morgan fingerprint density at radius 3 is 1.69 bits per heavy atom. The Labute approximate surface area is 215 Å². The fourth-order valence-electron chi connectivity index (χ4n) is 3.77. The number of hydrogen-bond donors (Lipinski definition) is 0. The summed E-state index contributed by atoms with van der Waals surface area (Å²) in [4.78, 5) is 25.0. The molecule has 0 heterocycles. The van der Waals surface area contributed by atoms with Crippen molar-refractivity contribution in [2.45, 2.75) is 77.6 Å². The molecule has 0 spiro atoms. The number of halogens is 1. The van der Waals surface area contributed by atoms with E-state index in [-0.39, 0.29) is 24.3 Å². The van der Waals surface area contributed by atoms with Crippen LogP contribution in [-0.4, -0.2) is 31.8 Å². The molecule has 0 aliphatic heterocycles. The van der Waals surface area contributed by atoms with Crippen LogP contribution in [-0.2, 0) is 9.47 Å². The van der Waals surface area contributed by atoms with E-state index in [1.54, 1.807) is 36.4 Å². The first-order chi connectivity index (χ1) is 17.1. The van der Waals surface area contributed by atoms with Gasteiger partial charge in [-0.1, -0.05) is 107 Å². The molecule has 0 saturated carbocycles. The van der Waals surface area contributed by atoms with Crippen LogP contribution >= 0.6 is 11.6 Å². The monoisotopic (exact) mass is 502 g/mol. The van der Waals surface area contributed by atoms with Gasteiger partial charge >= 0.3 is 11.9 Å². The third kappa shape index (κ3) is 11.6. The molecule has 0 radical (unpaired) electrons. The second-order valence-electron chi connectivity index (χ2n) is 8.63. The molecule has 0 fully saturated rings. The molecule has 2 rings (SSSR count). The summed E-state index contributed by atoms with van der Waals surface area (Å²) in [6, 6.07) is 13.6. The number of para-hydroxylation sites is 1. The summed E-state index contributed by atoms with van der Waals surface area (Å²) < 4.78 is 16.2. The lowest BCUT2D eigenvalue weighted by Crippen LogP contribution is -2.17. The summed E-state index contributed by atoms with van der Waals surface area (Å²) in [5.74, 6) is -0.566. The van der Waals surface area contributed by atoms with Gasteiger partial charge in [-0.05, 0) is 30.7 Å². The Hall–Kier alpha value is -2.53. The van der Waals surface area contributed by atoms with Gasteiger partial charge in [0, 0.05) is 0 Å². The van der Waals surface area contributed by atoms with Crippen molar-refractivity contribution >= 4 is 23.5 Å². The maximum atomic E-state index is 12.5. The van der Waals surface area contributed by atoms with Gasteiger partial charge in [-0.2, -0.15) is 0 Å². The number of carbonyl (C=O) groups excluding carboxylic acids is 2. The van der Waals surface area contributed by atoms with Crippen LogP contribution in [0.15, 0.2) is 48.5 Å². The highest BCUT2D eigenvalue weighted by Crippen LogP contribution is 2.23. The molecular weight excluding hydrogens is 464 g/mol. The molecule has 0 aliphatic carbocycles. The number of carbonyl (C=O) groups is 2. The summed E-state index contributed by atoms with van der Waals surface area (Å²) in [6.45, 7) is 2.78. The van der Waals surface area contributed by atoms with E-state index < -0.39 is 11.9 Å². The first kappa shape index (κ1) is 28.7. The fraction of sp³-hybridized carbons (Fsp3) is 0.517. The second-order valence-corrected chi connectivity index (χ2v) is 9.04. The van der Waals surface area contributed by atoms with Gasteiger partial charge in [-0.15, -0.1) is 0 Å². The molecule has 0 aliphatic rings. The van der Waals surface area contributed by atoms with Crippen LogP contribution in [0.1, 0.15) is 98.3 Å². The molecule has 2 aromatic rings. The van der Waals surface area contributed by atoms with Crippen molar-refractivity contribution in [1.82, 2.24) is 0 Å². The van der Waals surface area contributed by atoms with Crippen LogP contribution < -0.4 is 4.74 Å². The van der Waals surface area contributed by atoms with E-state index in [4.69, 9.17) is 25.8 Å². The number of ether oxygens (including phenoxy) is 3. The third-order valence-corrected chi connectivity index (χ3v) is 6.07. The summed E-state index contributed by atoms with van der Waals surface area (Å²) in [6.07, 6.45) is 13.6. The lowest BCUT2D eigenvalue weighted by molar-refractivity contribution is 0.0422. The highest BCUT2D eigenvalue weighted by Gasteiger charge is 2.19. The first-order valence-corrected chi connectivity index (χ1v) is 13.3. The van der Waals surface area contributed by atoms with E-state index >= 15 is 0 Å². The van der Waals surface area contributed by atoms with Crippen molar-refractivity contribution in [2.75, 3.05) is 19.8 Å². The molecule has 5 nitrogen and oxygen atoms in total. The van der Waals surface area contributed by atoms with Crippen LogP contribution in [0.25, 0.3) is 0 Å². The standard InChI is InChI=1S/C29H39ClO5/c1-2-3-4-5-6-7-8-9-10-11-16-21-34-28(31)24-17-12-13-18-25(24)29(32)35-23-22-33-27-20-15-14-19-26(27)30/h12-15,17-20H,2-11,16,21-23H2,1H3. The molecule has 35 heavy (non-hydrogen) atoms. The summed E-state index contributed by atoms with van der Waals surface area (Å²) in [7, 11) is 0. The molecule has 2 aromatic carbocycles. The zero-order valence-corrected chi connectivity index (χ0v) is 21.7. The average Bonchev–Trinajstić information content (AvgIpc) is 2.88. The van der Waals surface area contributed by atoms with Gasteiger partial charge < -0.3 is 14.2 Å². The maximum Gasteiger partial charge on any atom is 0.339 e. The van der Waals surface area contributed by atoms with E-state index in [2.05, 4.69) is 6.92 Å². The van der Waals surface area contributed by atoms with Crippen molar-refractivity contribution in [2.24, 2.45) is 0 Å². The van der Waals surface area contributed by atoms with E-state index in [1.807, 2.05) is 12.1 Å². The van der Waals surface area contributed by atoms with Gasteiger partial charge in [0.25, 0.3) is 0 Å². The Bertz CT molecular complexity index is 883. The largest absolute Gasteiger partial charge is 0.488 e. The van der Waals surface area contributed by atoms with Gasteiger partial charge in [0.15, 0.2) is 0 Å². The zero-order chi connectivity index (χ0) is 25.1. The highest BCUT2D eigenvalue weighted by molar-refractivity contribution is 6.32. The Kier molecular flexibility index (Phi) is 14.6. The van der Waals surface area contributed by atoms with Gasteiger partial charge in [-0.3, -0.25) is 0 Å². The molecule has 0 saturated heterocycles. The maximum absolute atomic E-state index is 12.5. The van der Waals surface area contributed by atoms with Crippen molar-refractivity contribution in [1.29, 1.82) is 0 Å². The van der Waals surface area contributed by atoms with Crippen LogP contribution in [0.4, 0.5) is 0 Å². The van der Waals surface area contributed by atoms with E-state index in [9.17, 15) is 9.59 Å². The summed E-state index contributed by atoms with van der Waals surface area (Å²) in [5, 5.41) is 0.490. The van der Waals surface area contributed by atoms with E-state index in [1.165, 1.54) is 51.4 Å². The first-order valence-electron chi connectivity index (χ1n) is 12.9. The molecular formula is C29H39ClO5. The van der Waals surface area contributed by atoms with Crippen LogP contribution in [0, 0.1) is 0 Å². The fourth-order valence-corrected chi connectivity index (χ4v) is 3.96. The molecule has 6 heteroatoms. The topological polar surface area (TPSA) is 61.8 Å². The Morgan fingerprint density at radius 2 is 1.11 bits per heavy atom. The SMILES string of the molecule is CCCCCCCCCCCCCOC(=O)c1ccccc1C(=O)OCCOc1ccccc1Cl. The third-order valence-electron chi connectivity index (χ3n) is 5.76. The Morgan fingerprint density at radius 1 is 0.629 bits per heavy atom. The minimum atomic E-state index is -0.588. The van der Waals surface area contributed by atoms with E-state index in [0.29, 0.717) is 17.4 Å². The van der Waals surface area contributed by atoms with Crippen molar-refractivity contribution in [3.8, 4) is 5.75 Å². The minimum Gasteiger partial charge on any atom is -0.488 e. The van der Waals surface area contributed by atoms with Crippen LogP contribution in [0.3, 0.4) is 0 Å². The number of unbranched alkanes of at least 4 members (excludes halogenated alkanes) is 10. The lowest BCUT2D eigenvalue weighted by atomic mass is 10.1. The van der Waals surface area contributed by atoms with Crippen molar-refractivity contribution < 1.29 is 23.8 Å². The van der Waals surface area contributed by atoms with Gasteiger partial charge in [0.2, 0.25) is 0 Å². The zero-order valence-electron chi connectivity index (χ0n) is 20.9.